The van der Waals surface area contributed by atoms with E-state index in [1.54, 1.807) is 12.1 Å². The smallest absolute Gasteiger partial charge is 0.229 e. The molecule has 0 aromatic heterocycles. The monoisotopic (exact) mass is 797 g/mol. The molecule has 2 aliphatic heterocycles. The predicted octanol–water partition coefficient (Wildman–Crippen LogP) is -2.99. The number of aromatic hydroxyl groups is 2. The lowest BCUT2D eigenvalue weighted by molar-refractivity contribution is -0.277. The third-order valence-corrected chi connectivity index (χ3v) is 9.47. The van der Waals surface area contributed by atoms with Crippen LogP contribution in [0.2, 0.25) is 0 Å². The van der Waals surface area contributed by atoms with Crippen LogP contribution in [0.5, 0.6) is 23.0 Å². The number of amides is 2. The van der Waals surface area contributed by atoms with Gasteiger partial charge in [-0.05, 0) is 80.6 Å². The molecule has 19 heteroatoms. The van der Waals surface area contributed by atoms with Gasteiger partial charge in [-0.2, -0.15) is 0 Å². The molecule has 56 heavy (non-hydrogen) atoms. The van der Waals surface area contributed by atoms with E-state index in [0.717, 1.165) is 19.4 Å². The molecular formula is C37H55N3O16. The zero-order valence-corrected chi connectivity index (χ0v) is 30.9. The number of ether oxygens (including phenoxy) is 4. The van der Waals surface area contributed by atoms with E-state index < -0.39 is 74.6 Å². The van der Waals surface area contributed by atoms with Crippen LogP contribution in [0.1, 0.15) is 43.2 Å². The van der Waals surface area contributed by atoms with E-state index in [0.29, 0.717) is 50.0 Å². The summed E-state index contributed by atoms with van der Waals surface area (Å²) >= 11 is 0. The number of carbonyl (C=O) groups excluding carboxylic acids is 2. The largest absolute Gasteiger partial charge is 0.504 e. The third-order valence-electron chi connectivity index (χ3n) is 9.47. The van der Waals surface area contributed by atoms with Gasteiger partial charge in [0.1, 0.15) is 48.8 Å². The van der Waals surface area contributed by atoms with E-state index in [1.165, 1.54) is 24.3 Å². The van der Waals surface area contributed by atoms with Crippen LogP contribution in [0.15, 0.2) is 36.4 Å². The second kappa shape index (κ2) is 22.2. The average molecular weight is 798 g/mol. The lowest BCUT2D eigenvalue weighted by atomic mass is 9.99. The highest BCUT2D eigenvalue weighted by molar-refractivity contribution is 5.76. The van der Waals surface area contributed by atoms with Crippen molar-refractivity contribution < 1.29 is 79.6 Å². The Kier molecular flexibility index (Phi) is 17.8. The Morgan fingerprint density at radius 1 is 0.571 bits per heavy atom. The molecule has 2 aromatic rings. The molecule has 2 saturated heterocycles. The third kappa shape index (κ3) is 12.8. The van der Waals surface area contributed by atoms with Crippen LogP contribution >= 0.6 is 0 Å². The Labute approximate surface area is 323 Å². The van der Waals surface area contributed by atoms with Crippen LogP contribution in [0.3, 0.4) is 0 Å². The molecule has 19 nitrogen and oxygen atoms in total. The second-order valence-corrected chi connectivity index (χ2v) is 13.7. The highest BCUT2D eigenvalue weighted by Crippen LogP contribution is 2.33. The van der Waals surface area contributed by atoms with Gasteiger partial charge in [0.05, 0.1) is 13.2 Å². The predicted molar refractivity (Wildman–Crippen MR) is 194 cm³/mol. The number of hydrogen-bond acceptors (Lipinski definition) is 17. The van der Waals surface area contributed by atoms with Gasteiger partial charge in [-0.15, -0.1) is 0 Å². The highest BCUT2D eigenvalue weighted by Gasteiger charge is 2.46. The van der Waals surface area contributed by atoms with Crippen LogP contribution in [0.25, 0.3) is 0 Å². The molecule has 4 rings (SSSR count). The van der Waals surface area contributed by atoms with Gasteiger partial charge in [0.15, 0.2) is 23.0 Å². The minimum atomic E-state index is -1.64. The van der Waals surface area contributed by atoms with Crippen LogP contribution in [-0.2, 0) is 31.9 Å². The van der Waals surface area contributed by atoms with Crippen molar-refractivity contribution in [2.45, 2.75) is 106 Å². The van der Waals surface area contributed by atoms with Gasteiger partial charge >= 0.3 is 0 Å². The summed E-state index contributed by atoms with van der Waals surface area (Å²) in [5.41, 5.74) is 1.32. The van der Waals surface area contributed by atoms with Crippen molar-refractivity contribution in [1.82, 2.24) is 16.0 Å². The van der Waals surface area contributed by atoms with E-state index in [1.807, 2.05) is 0 Å². The number of rotatable bonds is 21. The number of hydrogen-bond donors (Lipinski definition) is 13. The number of phenols is 2. The zero-order valence-electron chi connectivity index (χ0n) is 30.9. The summed E-state index contributed by atoms with van der Waals surface area (Å²) in [7, 11) is 0. The number of phenolic OH excluding ortho intramolecular Hbond substituents is 2. The van der Waals surface area contributed by atoms with E-state index in [9.17, 15) is 60.7 Å². The normalized spacial score (nSPS) is 27.7. The first kappa shape index (κ1) is 44.8. The van der Waals surface area contributed by atoms with Crippen LogP contribution < -0.4 is 25.4 Å². The lowest BCUT2D eigenvalue weighted by Crippen LogP contribution is -2.60. The molecule has 0 aliphatic carbocycles. The molecule has 13 N–H and O–H groups in total. The molecule has 0 unspecified atom stereocenters. The number of unbranched alkanes of at least 4 members (excludes halogenated alkanes) is 1. The van der Waals surface area contributed by atoms with Crippen molar-refractivity contribution in [2.24, 2.45) is 0 Å². The van der Waals surface area contributed by atoms with Crippen molar-refractivity contribution in [3.63, 3.8) is 0 Å². The SMILES string of the molecule is O=C(CCc1ccc(O)c(O[C@@H]2O[C@H](CO)[C@@H](O)[C@H](O)[C@H]2O)c1)NCCCCNCCCNC(=O)CCc1ccc(O)c(O[C@@H]2O[C@H](CO)[C@@H](O)[C@H](O)[C@H]2O)c1. The summed E-state index contributed by atoms with van der Waals surface area (Å²) in [6.45, 7) is 1.11. The Hall–Kier alpha value is -3.86. The van der Waals surface area contributed by atoms with E-state index in [-0.39, 0.29) is 47.7 Å². The molecule has 0 saturated carbocycles. The first-order valence-corrected chi connectivity index (χ1v) is 18.6. The highest BCUT2D eigenvalue weighted by atomic mass is 16.7. The Morgan fingerprint density at radius 2 is 0.982 bits per heavy atom. The van der Waals surface area contributed by atoms with Crippen molar-refractivity contribution >= 4 is 11.8 Å². The maximum atomic E-state index is 12.4. The topological polar surface area (TPSA) is 309 Å². The van der Waals surface area contributed by atoms with Gasteiger partial charge in [-0.3, -0.25) is 9.59 Å². The number of aliphatic hydroxyl groups excluding tert-OH is 8. The van der Waals surface area contributed by atoms with Crippen molar-refractivity contribution in [1.29, 1.82) is 0 Å². The Morgan fingerprint density at radius 3 is 1.43 bits per heavy atom. The molecule has 2 amide bonds. The molecular weight excluding hydrogens is 742 g/mol. The van der Waals surface area contributed by atoms with E-state index in [4.69, 9.17) is 18.9 Å². The average Bonchev–Trinajstić information content (AvgIpc) is 3.19. The number of aryl methyl sites for hydroxylation is 2. The summed E-state index contributed by atoms with van der Waals surface area (Å²) in [5, 5.41) is 108. The van der Waals surface area contributed by atoms with Gasteiger partial charge in [0.25, 0.3) is 0 Å². The summed E-state index contributed by atoms with van der Waals surface area (Å²) in [6, 6.07) is 8.90. The first-order chi connectivity index (χ1) is 26.8. The van der Waals surface area contributed by atoms with Crippen LogP contribution in [-0.4, -0.2) is 164 Å². The van der Waals surface area contributed by atoms with Crippen LogP contribution in [0, 0.1) is 0 Å². The first-order valence-electron chi connectivity index (χ1n) is 18.6. The van der Waals surface area contributed by atoms with Gasteiger partial charge in [0.2, 0.25) is 24.4 Å². The Bertz CT molecular complexity index is 1420. The van der Waals surface area contributed by atoms with Crippen molar-refractivity contribution in [3.8, 4) is 23.0 Å². The molecule has 2 fully saturated rings. The molecule has 2 aromatic carbocycles. The van der Waals surface area contributed by atoms with Gasteiger partial charge in [-0.25, -0.2) is 0 Å². The van der Waals surface area contributed by atoms with Gasteiger partial charge < -0.3 is 86.0 Å². The minimum Gasteiger partial charge on any atom is -0.504 e. The molecule has 2 aliphatic rings. The number of benzene rings is 2. The molecule has 10 atom stereocenters. The fourth-order valence-electron chi connectivity index (χ4n) is 6.06. The van der Waals surface area contributed by atoms with Gasteiger partial charge in [-0.1, -0.05) is 12.1 Å². The van der Waals surface area contributed by atoms with Crippen molar-refractivity contribution in [2.75, 3.05) is 39.4 Å². The molecule has 0 radical (unpaired) electrons. The quantitative estimate of drug-likeness (QED) is 0.0561. The lowest BCUT2D eigenvalue weighted by Gasteiger charge is -2.39. The number of carbonyl (C=O) groups is 2. The summed E-state index contributed by atoms with van der Waals surface area (Å²) < 4.78 is 21.7. The standard InChI is InChI=1S/C37H55N3O16/c41-18-26-30(47)32(49)34(51)36(55-26)53-24-16-20(4-8-22(24)43)6-10-28(45)39-14-2-1-12-38-13-3-15-40-29(46)11-7-21-5-9-23(44)25(17-21)54-37-35(52)33(50)31(48)27(19-42)56-37/h4-5,8-9,16-17,26-27,30-38,41-44,47-52H,1-3,6-7,10-15,18-19H2,(H,39,45)(H,40,46)/t26-,27-,30-,31-,32+,33+,34-,35-,36-,37-/m1/s1. The molecule has 314 valence electrons. The fourth-order valence-corrected chi connectivity index (χ4v) is 6.06. The number of nitrogens with one attached hydrogen (secondary N) is 3. The second-order valence-electron chi connectivity index (χ2n) is 13.7. The summed E-state index contributed by atoms with van der Waals surface area (Å²) in [6.07, 6.45) is -11.6. The van der Waals surface area contributed by atoms with Crippen molar-refractivity contribution in [3.05, 3.63) is 47.5 Å². The maximum absolute atomic E-state index is 12.4. The zero-order chi connectivity index (χ0) is 40.8. The number of aliphatic hydroxyl groups is 8. The maximum Gasteiger partial charge on any atom is 0.229 e. The molecule has 2 heterocycles. The van der Waals surface area contributed by atoms with Crippen LogP contribution in [0.4, 0.5) is 0 Å². The molecule has 0 bridgehead atoms. The van der Waals surface area contributed by atoms with Gasteiger partial charge in [0, 0.05) is 25.9 Å². The minimum absolute atomic E-state index is 0.0608. The molecule has 0 spiro atoms. The summed E-state index contributed by atoms with van der Waals surface area (Å²) in [4.78, 5) is 24.8. The summed E-state index contributed by atoms with van der Waals surface area (Å²) in [5.74, 6) is -0.984. The fraction of sp³-hybridized carbons (Fsp3) is 0.622. The Balaban J connectivity index is 1.03. The van der Waals surface area contributed by atoms with E-state index in [2.05, 4.69) is 16.0 Å². The van der Waals surface area contributed by atoms with E-state index >= 15 is 0 Å².